The zero-order valence-corrected chi connectivity index (χ0v) is 9.66. The van der Waals surface area contributed by atoms with Crippen LogP contribution < -0.4 is 0 Å². The Bertz CT molecular complexity index is 381. The number of Topliss-reactive ketones (excluding diaryl/α,β-unsaturated/α-hetero) is 1. The van der Waals surface area contributed by atoms with Gasteiger partial charge in [-0.2, -0.15) is 0 Å². The molecule has 1 fully saturated rings. The third kappa shape index (κ3) is 1.83. The van der Waals surface area contributed by atoms with Crippen LogP contribution in [0.15, 0.2) is 6.33 Å². The fourth-order valence-corrected chi connectivity index (χ4v) is 2.34. The summed E-state index contributed by atoms with van der Waals surface area (Å²) in [6.07, 6.45) is 4.33. The number of hydrogen-bond acceptors (Lipinski definition) is 2. The fourth-order valence-electron chi connectivity index (χ4n) is 2.34. The van der Waals surface area contributed by atoms with Gasteiger partial charge >= 0.3 is 0 Å². The van der Waals surface area contributed by atoms with Gasteiger partial charge in [-0.3, -0.25) is 4.79 Å². The number of carbonyl (C=O) groups is 1. The lowest BCUT2D eigenvalue weighted by Gasteiger charge is -2.29. The molecule has 2 atom stereocenters. The van der Waals surface area contributed by atoms with Crippen LogP contribution in [0.25, 0.3) is 0 Å². The van der Waals surface area contributed by atoms with Crippen LogP contribution in [0.1, 0.15) is 43.6 Å². The predicted octanol–water partition coefficient (Wildman–Crippen LogP) is 2.43. The molecule has 1 saturated carbocycles. The van der Waals surface area contributed by atoms with Crippen molar-refractivity contribution in [1.82, 2.24) is 9.55 Å². The van der Waals surface area contributed by atoms with Gasteiger partial charge in [-0.1, -0.05) is 6.92 Å². The number of aryl methyl sites for hydroxylation is 1. The van der Waals surface area contributed by atoms with Gasteiger partial charge in [-0.25, -0.2) is 4.98 Å². The predicted molar refractivity (Wildman–Crippen MR) is 58.8 cm³/mol. The SMILES string of the molecule is Cc1ncn(C2CC(=O)CCC2C)c1C. The van der Waals surface area contributed by atoms with Crippen molar-refractivity contribution in [3.63, 3.8) is 0 Å². The van der Waals surface area contributed by atoms with E-state index in [0.717, 1.165) is 18.5 Å². The molecule has 82 valence electrons. The van der Waals surface area contributed by atoms with Gasteiger partial charge < -0.3 is 4.57 Å². The smallest absolute Gasteiger partial charge is 0.134 e. The number of ketones is 1. The molecule has 1 aromatic heterocycles. The Morgan fingerprint density at radius 1 is 1.47 bits per heavy atom. The lowest BCUT2D eigenvalue weighted by atomic mass is 9.85. The highest BCUT2D eigenvalue weighted by atomic mass is 16.1. The second-order valence-corrected chi connectivity index (χ2v) is 4.65. The Labute approximate surface area is 90.5 Å². The molecule has 2 unspecified atom stereocenters. The Hall–Kier alpha value is -1.12. The molecule has 3 heteroatoms. The van der Waals surface area contributed by atoms with Crippen molar-refractivity contribution in [3.05, 3.63) is 17.7 Å². The Morgan fingerprint density at radius 2 is 2.20 bits per heavy atom. The first-order valence-electron chi connectivity index (χ1n) is 5.61. The highest BCUT2D eigenvalue weighted by molar-refractivity contribution is 5.79. The van der Waals surface area contributed by atoms with Gasteiger partial charge in [0.15, 0.2) is 0 Å². The number of nitrogens with zero attached hydrogens (tertiary/aromatic N) is 2. The maximum Gasteiger partial charge on any atom is 0.134 e. The lowest BCUT2D eigenvalue weighted by molar-refractivity contribution is -0.122. The quantitative estimate of drug-likeness (QED) is 0.707. The van der Waals surface area contributed by atoms with Crippen LogP contribution in [0.3, 0.4) is 0 Å². The third-order valence-corrected chi connectivity index (χ3v) is 3.62. The maximum absolute atomic E-state index is 11.5. The number of rotatable bonds is 1. The summed E-state index contributed by atoms with van der Waals surface area (Å²) >= 11 is 0. The van der Waals surface area contributed by atoms with Gasteiger partial charge in [0.2, 0.25) is 0 Å². The standard InChI is InChI=1S/C12H18N2O/c1-8-4-5-11(15)6-12(8)14-7-13-9(2)10(14)3/h7-8,12H,4-6H2,1-3H3. The largest absolute Gasteiger partial charge is 0.331 e. The fraction of sp³-hybridized carbons (Fsp3) is 0.667. The number of imidazole rings is 1. The molecule has 3 nitrogen and oxygen atoms in total. The van der Waals surface area contributed by atoms with Crippen molar-refractivity contribution in [3.8, 4) is 0 Å². The molecule has 0 amide bonds. The summed E-state index contributed by atoms with van der Waals surface area (Å²) in [6.45, 7) is 6.32. The van der Waals surface area contributed by atoms with Crippen LogP contribution in [0.5, 0.6) is 0 Å². The summed E-state index contributed by atoms with van der Waals surface area (Å²) in [7, 11) is 0. The first-order chi connectivity index (χ1) is 7.09. The summed E-state index contributed by atoms with van der Waals surface area (Å²) in [5, 5.41) is 0. The van der Waals surface area contributed by atoms with Gasteiger partial charge in [0, 0.05) is 24.6 Å². The zero-order valence-electron chi connectivity index (χ0n) is 9.66. The van der Waals surface area contributed by atoms with Crippen molar-refractivity contribution < 1.29 is 4.79 Å². The highest BCUT2D eigenvalue weighted by Crippen LogP contribution is 2.32. The third-order valence-electron chi connectivity index (χ3n) is 3.62. The van der Waals surface area contributed by atoms with Crippen LogP contribution in [0.4, 0.5) is 0 Å². The van der Waals surface area contributed by atoms with E-state index >= 15 is 0 Å². The molecule has 0 aromatic carbocycles. The van der Waals surface area contributed by atoms with E-state index in [9.17, 15) is 4.79 Å². The van der Waals surface area contributed by atoms with Crippen molar-refractivity contribution in [2.24, 2.45) is 5.92 Å². The van der Waals surface area contributed by atoms with Crippen molar-refractivity contribution in [1.29, 1.82) is 0 Å². The average molecular weight is 206 g/mol. The number of aromatic nitrogens is 2. The van der Waals surface area contributed by atoms with E-state index in [1.807, 2.05) is 13.3 Å². The summed E-state index contributed by atoms with van der Waals surface area (Å²) < 4.78 is 2.18. The normalized spacial score (nSPS) is 27.0. The van der Waals surface area contributed by atoms with E-state index in [2.05, 4.69) is 23.4 Å². The van der Waals surface area contributed by atoms with E-state index < -0.39 is 0 Å². The lowest BCUT2D eigenvalue weighted by Crippen LogP contribution is -2.26. The molecule has 0 radical (unpaired) electrons. The Morgan fingerprint density at radius 3 is 2.80 bits per heavy atom. The maximum atomic E-state index is 11.5. The minimum Gasteiger partial charge on any atom is -0.331 e. The van der Waals surface area contributed by atoms with Gasteiger partial charge in [0.1, 0.15) is 5.78 Å². The zero-order chi connectivity index (χ0) is 11.0. The molecule has 1 heterocycles. The number of hydrogen-bond donors (Lipinski definition) is 0. The van der Waals surface area contributed by atoms with Crippen LogP contribution in [-0.2, 0) is 4.79 Å². The molecular weight excluding hydrogens is 188 g/mol. The van der Waals surface area contributed by atoms with E-state index in [1.165, 1.54) is 5.69 Å². The molecule has 1 aromatic rings. The topological polar surface area (TPSA) is 34.9 Å². The summed E-state index contributed by atoms with van der Waals surface area (Å²) in [4.78, 5) is 15.8. The molecule has 1 aliphatic rings. The van der Waals surface area contributed by atoms with Crippen molar-refractivity contribution >= 4 is 5.78 Å². The van der Waals surface area contributed by atoms with E-state index in [4.69, 9.17) is 0 Å². The molecule has 0 spiro atoms. The molecule has 2 rings (SSSR count). The van der Waals surface area contributed by atoms with Crippen LogP contribution in [-0.4, -0.2) is 15.3 Å². The Balaban J connectivity index is 2.28. The monoisotopic (exact) mass is 206 g/mol. The summed E-state index contributed by atoms with van der Waals surface area (Å²) in [5.41, 5.74) is 2.27. The van der Waals surface area contributed by atoms with E-state index in [-0.39, 0.29) is 0 Å². The second kappa shape index (κ2) is 3.80. The van der Waals surface area contributed by atoms with Gasteiger partial charge in [-0.05, 0) is 26.2 Å². The average Bonchev–Trinajstić information content (AvgIpc) is 2.52. The second-order valence-electron chi connectivity index (χ2n) is 4.65. The van der Waals surface area contributed by atoms with Gasteiger partial charge in [-0.15, -0.1) is 0 Å². The molecule has 15 heavy (non-hydrogen) atoms. The molecule has 1 aliphatic carbocycles. The molecule has 0 aliphatic heterocycles. The molecule has 0 bridgehead atoms. The number of carbonyl (C=O) groups excluding carboxylic acids is 1. The van der Waals surface area contributed by atoms with E-state index in [0.29, 0.717) is 24.2 Å². The molecule has 0 N–H and O–H groups in total. The Kier molecular flexibility index (Phi) is 2.63. The summed E-state index contributed by atoms with van der Waals surface area (Å²) in [5.74, 6) is 0.971. The van der Waals surface area contributed by atoms with Crippen LogP contribution in [0, 0.1) is 19.8 Å². The van der Waals surface area contributed by atoms with Gasteiger partial charge in [0.25, 0.3) is 0 Å². The van der Waals surface area contributed by atoms with Gasteiger partial charge in [0.05, 0.1) is 12.0 Å². The molecule has 0 saturated heterocycles. The van der Waals surface area contributed by atoms with E-state index in [1.54, 1.807) is 0 Å². The minimum atomic E-state index is 0.326. The first-order valence-corrected chi connectivity index (χ1v) is 5.61. The highest BCUT2D eigenvalue weighted by Gasteiger charge is 2.28. The minimum absolute atomic E-state index is 0.326. The summed E-state index contributed by atoms with van der Waals surface area (Å²) in [6, 6.07) is 0.326. The van der Waals surface area contributed by atoms with Crippen LogP contribution in [0.2, 0.25) is 0 Å². The van der Waals surface area contributed by atoms with Crippen molar-refractivity contribution in [2.75, 3.05) is 0 Å². The molecular formula is C12H18N2O. The first kappa shape index (κ1) is 10.4. The van der Waals surface area contributed by atoms with Crippen LogP contribution >= 0.6 is 0 Å². The van der Waals surface area contributed by atoms with Crippen molar-refractivity contribution in [2.45, 2.75) is 46.1 Å².